The number of rotatable bonds is 5. The predicted octanol–water partition coefficient (Wildman–Crippen LogP) is 3.46. The minimum absolute atomic E-state index is 0.0312. The molecule has 2 aliphatic rings. The van der Waals surface area contributed by atoms with Crippen molar-refractivity contribution in [2.45, 2.75) is 76.9 Å². The van der Waals surface area contributed by atoms with Gasteiger partial charge in [-0.15, -0.1) is 0 Å². The van der Waals surface area contributed by atoms with Crippen molar-refractivity contribution in [3.05, 3.63) is 29.8 Å². The van der Waals surface area contributed by atoms with E-state index in [1.54, 1.807) is 24.3 Å². The highest BCUT2D eigenvalue weighted by Gasteiger charge is 2.38. The van der Waals surface area contributed by atoms with Crippen molar-refractivity contribution >= 4 is 17.5 Å². The summed E-state index contributed by atoms with van der Waals surface area (Å²) >= 11 is 0. The molecule has 142 valence electrons. The van der Waals surface area contributed by atoms with Crippen molar-refractivity contribution in [2.75, 3.05) is 5.32 Å². The molecule has 0 spiro atoms. The van der Waals surface area contributed by atoms with Crippen LogP contribution in [0.1, 0.15) is 69.7 Å². The van der Waals surface area contributed by atoms with Gasteiger partial charge < -0.3 is 16.0 Å². The van der Waals surface area contributed by atoms with E-state index in [4.69, 9.17) is 0 Å². The number of hydrogen-bond donors (Lipinski definition) is 3. The van der Waals surface area contributed by atoms with E-state index in [2.05, 4.69) is 16.0 Å². The lowest BCUT2D eigenvalue weighted by Crippen LogP contribution is -2.42. The SMILES string of the molecule is CCC(C)(C)NC(=O)c1ccc(NC(=O)C2CC3CCCCC3N2)cc1. The topological polar surface area (TPSA) is 70.2 Å². The van der Waals surface area contributed by atoms with Crippen LogP contribution in [0.3, 0.4) is 0 Å². The Morgan fingerprint density at radius 2 is 1.85 bits per heavy atom. The molecule has 3 N–H and O–H groups in total. The molecule has 0 radical (unpaired) electrons. The highest BCUT2D eigenvalue weighted by molar-refractivity contribution is 5.97. The standard InChI is InChI=1S/C21H31N3O2/c1-4-21(2,3)24-19(25)14-9-11-16(12-10-14)22-20(26)18-13-15-7-5-6-8-17(15)23-18/h9-12,15,17-18,23H,4-8,13H2,1-3H3,(H,22,26)(H,24,25). The molecular weight excluding hydrogens is 326 g/mol. The summed E-state index contributed by atoms with van der Waals surface area (Å²) in [5.74, 6) is 0.590. The zero-order chi connectivity index (χ0) is 18.7. The lowest BCUT2D eigenvalue weighted by atomic mass is 9.85. The Bertz CT molecular complexity index is 640. The summed E-state index contributed by atoms with van der Waals surface area (Å²) in [4.78, 5) is 24.8. The van der Waals surface area contributed by atoms with Gasteiger partial charge >= 0.3 is 0 Å². The number of nitrogens with one attached hydrogen (secondary N) is 3. The summed E-state index contributed by atoms with van der Waals surface area (Å²) in [6.45, 7) is 6.06. The number of anilines is 1. The molecule has 0 aromatic heterocycles. The minimum Gasteiger partial charge on any atom is -0.347 e. The summed E-state index contributed by atoms with van der Waals surface area (Å²) in [6.07, 6.45) is 6.77. The van der Waals surface area contributed by atoms with Gasteiger partial charge in [-0.2, -0.15) is 0 Å². The average Bonchev–Trinajstić information content (AvgIpc) is 3.06. The van der Waals surface area contributed by atoms with Crippen LogP contribution in [-0.4, -0.2) is 29.4 Å². The lowest BCUT2D eigenvalue weighted by Gasteiger charge is -2.24. The number of amides is 2. The van der Waals surface area contributed by atoms with E-state index in [-0.39, 0.29) is 23.4 Å². The minimum atomic E-state index is -0.227. The number of carbonyl (C=O) groups is 2. The van der Waals surface area contributed by atoms with Crippen molar-refractivity contribution < 1.29 is 9.59 Å². The van der Waals surface area contributed by atoms with Gasteiger partial charge in [-0.25, -0.2) is 0 Å². The van der Waals surface area contributed by atoms with E-state index in [9.17, 15) is 9.59 Å². The molecule has 2 fully saturated rings. The molecule has 1 heterocycles. The first kappa shape index (κ1) is 18.9. The second-order valence-corrected chi connectivity index (χ2v) is 8.36. The Morgan fingerprint density at radius 3 is 2.50 bits per heavy atom. The van der Waals surface area contributed by atoms with Gasteiger partial charge in [0.25, 0.3) is 5.91 Å². The number of benzene rings is 1. The van der Waals surface area contributed by atoms with Crippen LogP contribution >= 0.6 is 0 Å². The molecule has 1 aliphatic heterocycles. The van der Waals surface area contributed by atoms with Crippen LogP contribution in [0.15, 0.2) is 24.3 Å². The first-order valence-electron chi connectivity index (χ1n) is 9.87. The van der Waals surface area contributed by atoms with E-state index in [0.29, 0.717) is 17.5 Å². The Hall–Kier alpha value is -1.88. The van der Waals surface area contributed by atoms with E-state index in [0.717, 1.165) is 18.5 Å². The third kappa shape index (κ3) is 4.44. The fourth-order valence-corrected chi connectivity index (χ4v) is 3.92. The van der Waals surface area contributed by atoms with Gasteiger partial charge in [-0.05, 0) is 69.7 Å². The molecule has 5 heteroatoms. The fourth-order valence-electron chi connectivity index (χ4n) is 3.92. The lowest BCUT2D eigenvalue weighted by molar-refractivity contribution is -0.117. The van der Waals surface area contributed by atoms with Crippen molar-refractivity contribution in [1.82, 2.24) is 10.6 Å². The number of carbonyl (C=O) groups excluding carboxylic acids is 2. The summed E-state index contributed by atoms with van der Waals surface area (Å²) in [5, 5.41) is 9.50. The molecule has 5 nitrogen and oxygen atoms in total. The summed E-state index contributed by atoms with van der Waals surface area (Å²) in [6, 6.07) is 7.53. The Kier molecular flexibility index (Phi) is 5.66. The first-order chi connectivity index (χ1) is 12.4. The van der Waals surface area contributed by atoms with Gasteiger partial charge in [0.1, 0.15) is 0 Å². The van der Waals surface area contributed by atoms with Gasteiger partial charge in [0.15, 0.2) is 0 Å². The molecule has 26 heavy (non-hydrogen) atoms. The number of hydrogen-bond acceptors (Lipinski definition) is 3. The van der Waals surface area contributed by atoms with Crippen LogP contribution in [0.4, 0.5) is 5.69 Å². The molecule has 1 saturated heterocycles. The normalized spacial score (nSPS) is 25.4. The second kappa shape index (κ2) is 7.78. The van der Waals surface area contributed by atoms with Crippen molar-refractivity contribution in [1.29, 1.82) is 0 Å². The first-order valence-corrected chi connectivity index (χ1v) is 9.87. The average molecular weight is 357 g/mol. The van der Waals surface area contributed by atoms with Crippen molar-refractivity contribution in [3.63, 3.8) is 0 Å². The molecule has 3 unspecified atom stereocenters. The van der Waals surface area contributed by atoms with Gasteiger partial charge in [-0.1, -0.05) is 19.8 Å². The third-order valence-corrected chi connectivity index (χ3v) is 5.93. The van der Waals surface area contributed by atoms with Crippen molar-refractivity contribution in [2.24, 2.45) is 5.92 Å². The number of fused-ring (bicyclic) bond motifs is 1. The van der Waals surface area contributed by atoms with Gasteiger partial charge in [0.05, 0.1) is 6.04 Å². The largest absolute Gasteiger partial charge is 0.347 e. The molecule has 3 rings (SSSR count). The van der Waals surface area contributed by atoms with E-state index < -0.39 is 0 Å². The molecule has 2 amide bonds. The van der Waals surface area contributed by atoms with Crippen molar-refractivity contribution in [3.8, 4) is 0 Å². The molecular formula is C21H31N3O2. The fraction of sp³-hybridized carbons (Fsp3) is 0.619. The Morgan fingerprint density at radius 1 is 1.15 bits per heavy atom. The quantitative estimate of drug-likeness (QED) is 0.756. The van der Waals surface area contributed by atoms with Gasteiger partial charge in [0.2, 0.25) is 5.91 Å². The van der Waals surface area contributed by atoms with Gasteiger partial charge in [0, 0.05) is 22.8 Å². The van der Waals surface area contributed by atoms with E-state index >= 15 is 0 Å². The molecule has 1 aromatic rings. The van der Waals surface area contributed by atoms with Crippen LogP contribution < -0.4 is 16.0 Å². The summed E-state index contributed by atoms with van der Waals surface area (Å²) in [7, 11) is 0. The van der Waals surface area contributed by atoms with Gasteiger partial charge in [-0.3, -0.25) is 9.59 Å². The Labute approximate surface area is 156 Å². The maximum Gasteiger partial charge on any atom is 0.251 e. The molecule has 1 saturated carbocycles. The predicted molar refractivity (Wildman–Crippen MR) is 104 cm³/mol. The van der Waals surface area contributed by atoms with E-state index in [1.807, 2.05) is 20.8 Å². The smallest absolute Gasteiger partial charge is 0.251 e. The van der Waals surface area contributed by atoms with Crippen LogP contribution in [0.2, 0.25) is 0 Å². The molecule has 3 atom stereocenters. The van der Waals surface area contributed by atoms with Crippen LogP contribution in [0.5, 0.6) is 0 Å². The summed E-state index contributed by atoms with van der Waals surface area (Å²) in [5.41, 5.74) is 1.11. The maximum atomic E-state index is 12.6. The zero-order valence-electron chi connectivity index (χ0n) is 16.1. The van der Waals surface area contributed by atoms with Crippen LogP contribution in [0.25, 0.3) is 0 Å². The maximum absolute atomic E-state index is 12.6. The highest BCUT2D eigenvalue weighted by atomic mass is 16.2. The third-order valence-electron chi connectivity index (χ3n) is 5.93. The zero-order valence-corrected chi connectivity index (χ0v) is 16.1. The Balaban J connectivity index is 1.56. The van der Waals surface area contributed by atoms with Crippen LogP contribution in [-0.2, 0) is 4.79 Å². The second-order valence-electron chi connectivity index (χ2n) is 8.36. The van der Waals surface area contributed by atoms with E-state index in [1.165, 1.54) is 25.7 Å². The molecule has 1 aromatic carbocycles. The highest BCUT2D eigenvalue weighted by Crippen LogP contribution is 2.33. The summed E-state index contributed by atoms with van der Waals surface area (Å²) < 4.78 is 0. The van der Waals surface area contributed by atoms with Crippen LogP contribution in [0, 0.1) is 5.92 Å². The monoisotopic (exact) mass is 357 g/mol. The molecule has 0 bridgehead atoms. The molecule has 1 aliphatic carbocycles.